The summed E-state index contributed by atoms with van der Waals surface area (Å²) in [5.74, 6) is 0.784. The Bertz CT molecular complexity index is 733. The molecular weight excluding hydrogens is 298 g/mol. The SMILES string of the molecule is Cc1cc(-c2cnc(NCCCc3cnc[nH]3)[nH]2)ccc1Cl. The highest BCUT2D eigenvalue weighted by molar-refractivity contribution is 6.31. The number of imidazole rings is 2. The summed E-state index contributed by atoms with van der Waals surface area (Å²) in [6.07, 6.45) is 7.37. The van der Waals surface area contributed by atoms with Crippen LogP contribution >= 0.6 is 11.6 Å². The van der Waals surface area contributed by atoms with Crippen LogP contribution in [0.1, 0.15) is 17.7 Å². The van der Waals surface area contributed by atoms with Gasteiger partial charge in [0.1, 0.15) is 0 Å². The van der Waals surface area contributed by atoms with Gasteiger partial charge < -0.3 is 15.3 Å². The Hall–Kier alpha value is -2.27. The van der Waals surface area contributed by atoms with Crippen molar-refractivity contribution in [1.29, 1.82) is 0 Å². The third kappa shape index (κ3) is 3.49. The van der Waals surface area contributed by atoms with Crippen LogP contribution in [-0.4, -0.2) is 26.5 Å². The van der Waals surface area contributed by atoms with Crippen LogP contribution in [0.5, 0.6) is 0 Å². The summed E-state index contributed by atoms with van der Waals surface area (Å²) in [5.41, 5.74) is 4.28. The molecule has 22 heavy (non-hydrogen) atoms. The number of aromatic nitrogens is 4. The molecular formula is C16H18ClN5. The van der Waals surface area contributed by atoms with Crippen LogP contribution in [0.25, 0.3) is 11.3 Å². The number of hydrogen-bond acceptors (Lipinski definition) is 3. The van der Waals surface area contributed by atoms with Crippen molar-refractivity contribution in [3.8, 4) is 11.3 Å². The monoisotopic (exact) mass is 315 g/mol. The lowest BCUT2D eigenvalue weighted by Crippen LogP contribution is -2.04. The topological polar surface area (TPSA) is 69.4 Å². The molecule has 3 N–H and O–H groups in total. The number of aryl methyl sites for hydroxylation is 2. The van der Waals surface area contributed by atoms with Crippen molar-refractivity contribution >= 4 is 17.5 Å². The molecule has 0 bridgehead atoms. The lowest BCUT2D eigenvalue weighted by molar-refractivity contribution is 0.836. The number of rotatable bonds is 6. The average Bonchev–Trinajstić information content (AvgIpc) is 3.18. The zero-order valence-corrected chi connectivity index (χ0v) is 13.1. The van der Waals surface area contributed by atoms with Crippen LogP contribution in [-0.2, 0) is 6.42 Å². The maximum atomic E-state index is 6.05. The van der Waals surface area contributed by atoms with Gasteiger partial charge in [0, 0.05) is 23.5 Å². The third-order valence-electron chi connectivity index (χ3n) is 3.51. The zero-order chi connectivity index (χ0) is 15.4. The molecule has 0 radical (unpaired) electrons. The Labute approximate surface area is 134 Å². The van der Waals surface area contributed by atoms with E-state index in [-0.39, 0.29) is 0 Å². The number of benzene rings is 1. The number of aromatic amines is 2. The largest absolute Gasteiger partial charge is 0.356 e. The second-order valence-corrected chi connectivity index (χ2v) is 5.62. The summed E-state index contributed by atoms with van der Waals surface area (Å²) in [6, 6.07) is 5.95. The van der Waals surface area contributed by atoms with Crippen LogP contribution in [0.2, 0.25) is 5.02 Å². The molecule has 0 spiro atoms. The van der Waals surface area contributed by atoms with Gasteiger partial charge in [0.05, 0.1) is 18.2 Å². The maximum absolute atomic E-state index is 6.05. The molecule has 0 saturated carbocycles. The number of H-pyrrole nitrogens is 2. The smallest absolute Gasteiger partial charge is 0.200 e. The van der Waals surface area contributed by atoms with Crippen molar-refractivity contribution in [2.24, 2.45) is 0 Å². The van der Waals surface area contributed by atoms with E-state index in [1.54, 1.807) is 6.33 Å². The standard InChI is InChI=1S/C16H18ClN5/c1-11-7-12(4-5-14(11)17)15-9-20-16(22-15)19-6-2-3-13-8-18-10-21-13/h4-5,7-10H,2-3,6H2,1H3,(H,18,21)(H2,19,20,22). The summed E-state index contributed by atoms with van der Waals surface area (Å²) < 4.78 is 0. The fourth-order valence-electron chi connectivity index (χ4n) is 2.28. The fraction of sp³-hybridized carbons (Fsp3) is 0.250. The van der Waals surface area contributed by atoms with E-state index in [0.717, 1.165) is 52.9 Å². The molecule has 0 amide bonds. The van der Waals surface area contributed by atoms with Gasteiger partial charge in [-0.25, -0.2) is 9.97 Å². The number of nitrogens with zero attached hydrogens (tertiary/aromatic N) is 2. The van der Waals surface area contributed by atoms with Crippen molar-refractivity contribution in [3.63, 3.8) is 0 Å². The molecule has 5 nitrogen and oxygen atoms in total. The molecule has 3 aromatic rings. The number of hydrogen-bond donors (Lipinski definition) is 3. The predicted molar refractivity (Wildman–Crippen MR) is 89.2 cm³/mol. The molecule has 0 fully saturated rings. The molecule has 2 aromatic heterocycles. The molecule has 0 aliphatic carbocycles. The minimum absolute atomic E-state index is 0.778. The van der Waals surface area contributed by atoms with Crippen molar-refractivity contribution < 1.29 is 0 Å². The van der Waals surface area contributed by atoms with Gasteiger partial charge in [-0.15, -0.1) is 0 Å². The summed E-state index contributed by atoms with van der Waals surface area (Å²) >= 11 is 6.05. The molecule has 0 saturated heterocycles. The molecule has 0 aliphatic rings. The van der Waals surface area contributed by atoms with E-state index in [9.17, 15) is 0 Å². The molecule has 114 valence electrons. The molecule has 0 atom stereocenters. The molecule has 6 heteroatoms. The summed E-state index contributed by atoms with van der Waals surface area (Å²) in [5, 5.41) is 4.07. The minimum atomic E-state index is 0.778. The van der Waals surface area contributed by atoms with Gasteiger partial charge in [0.2, 0.25) is 5.95 Å². The highest BCUT2D eigenvalue weighted by atomic mass is 35.5. The highest BCUT2D eigenvalue weighted by Gasteiger charge is 2.05. The van der Waals surface area contributed by atoms with E-state index in [1.807, 2.05) is 31.5 Å². The Kier molecular flexibility index (Phi) is 4.44. The van der Waals surface area contributed by atoms with Crippen molar-refractivity contribution in [1.82, 2.24) is 19.9 Å². The van der Waals surface area contributed by atoms with Gasteiger partial charge in [0.15, 0.2) is 0 Å². The zero-order valence-electron chi connectivity index (χ0n) is 12.4. The lowest BCUT2D eigenvalue weighted by Gasteiger charge is -2.03. The molecule has 0 aliphatic heterocycles. The van der Waals surface area contributed by atoms with Gasteiger partial charge in [-0.3, -0.25) is 0 Å². The Morgan fingerprint density at radius 3 is 2.95 bits per heavy atom. The summed E-state index contributed by atoms with van der Waals surface area (Å²) in [7, 11) is 0. The Morgan fingerprint density at radius 2 is 2.18 bits per heavy atom. The highest BCUT2D eigenvalue weighted by Crippen LogP contribution is 2.24. The minimum Gasteiger partial charge on any atom is -0.356 e. The van der Waals surface area contributed by atoms with Gasteiger partial charge in [-0.05, 0) is 43.0 Å². The molecule has 1 aromatic carbocycles. The van der Waals surface area contributed by atoms with E-state index in [4.69, 9.17) is 11.6 Å². The van der Waals surface area contributed by atoms with E-state index in [0.29, 0.717) is 0 Å². The molecule has 2 heterocycles. The average molecular weight is 316 g/mol. The molecule has 0 unspecified atom stereocenters. The van der Waals surface area contributed by atoms with E-state index < -0.39 is 0 Å². The van der Waals surface area contributed by atoms with E-state index in [2.05, 4.69) is 31.3 Å². The second kappa shape index (κ2) is 6.66. The van der Waals surface area contributed by atoms with Crippen LogP contribution in [0.3, 0.4) is 0 Å². The van der Waals surface area contributed by atoms with Crippen LogP contribution in [0.15, 0.2) is 36.9 Å². The van der Waals surface area contributed by atoms with Crippen molar-refractivity contribution in [2.45, 2.75) is 19.8 Å². The number of halogens is 1. The van der Waals surface area contributed by atoms with Gasteiger partial charge in [0.25, 0.3) is 0 Å². The fourth-order valence-corrected chi connectivity index (χ4v) is 2.39. The maximum Gasteiger partial charge on any atom is 0.200 e. The second-order valence-electron chi connectivity index (χ2n) is 5.22. The lowest BCUT2D eigenvalue weighted by atomic mass is 10.1. The van der Waals surface area contributed by atoms with E-state index >= 15 is 0 Å². The Morgan fingerprint density at radius 1 is 1.27 bits per heavy atom. The third-order valence-corrected chi connectivity index (χ3v) is 3.94. The first kappa shape index (κ1) is 14.7. The number of nitrogens with one attached hydrogen (secondary N) is 3. The Balaban J connectivity index is 1.55. The van der Waals surface area contributed by atoms with Gasteiger partial charge in [-0.2, -0.15) is 0 Å². The molecule has 3 rings (SSSR count). The predicted octanol–water partition coefficient (Wildman–Crippen LogP) is 3.81. The quantitative estimate of drug-likeness (QED) is 0.606. The number of anilines is 1. The van der Waals surface area contributed by atoms with Crippen molar-refractivity contribution in [2.75, 3.05) is 11.9 Å². The van der Waals surface area contributed by atoms with E-state index in [1.165, 1.54) is 0 Å². The van der Waals surface area contributed by atoms with Crippen LogP contribution in [0, 0.1) is 6.92 Å². The van der Waals surface area contributed by atoms with Crippen LogP contribution < -0.4 is 5.32 Å². The van der Waals surface area contributed by atoms with Crippen molar-refractivity contribution in [3.05, 3.63) is 53.2 Å². The summed E-state index contributed by atoms with van der Waals surface area (Å²) in [4.78, 5) is 14.7. The first-order valence-corrected chi connectivity index (χ1v) is 7.63. The first-order valence-electron chi connectivity index (χ1n) is 7.25. The van der Waals surface area contributed by atoms with Gasteiger partial charge >= 0.3 is 0 Å². The van der Waals surface area contributed by atoms with Gasteiger partial charge in [-0.1, -0.05) is 17.7 Å². The van der Waals surface area contributed by atoms with Crippen LogP contribution in [0.4, 0.5) is 5.95 Å². The summed E-state index contributed by atoms with van der Waals surface area (Å²) in [6.45, 7) is 2.85. The normalized spacial score (nSPS) is 10.8. The first-order chi connectivity index (χ1) is 10.7.